The van der Waals surface area contributed by atoms with E-state index in [-0.39, 0.29) is 89.3 Å². The minimum Gasteiger partial charge on any atom is -0.481 e. The van der Waals surface area contributed by atoms with Crippen molar-refractivity contribution in [3.8, 4) is 0 Å². The van der Waals surface area contributed by atoms with Crippen LogP contribution in [-0.2, 0) is 81.6 Å². The van der Waals surface area contributed by atoms with Gasteiger partial charge in [-0.3, -0.25) is 72.3 Å². The zero-order valence-electron chi connectivity index (χ0n) is 54.5. The molecule has 0 radical (unpaired) electrons. The number of halogens is 1. The molecule has 10 atom stereocenters. The van der Waals surface area contributed by atoms with Crippen LogP contribution < -0.4 is 70.4 Å². The Hall–Kier alpha value is -10.3. The highest BCUT2D eigenvalue weighted by Gasteiger charge is 2.41. The Morgan fingerprint density at radius 1 is 0.680 bits per heavy atom. The first-order valence-electron chi connectivity index (χ1n) is 32.1. The fourth-order valence-corrected chi connectivity index (χ4v) is 11.3. The second-order valence-corrected chi connectivity index (χ2v) is 24.9. The van der Waals surface area contributed by atoms with Crippen LogP contribution in [0.1, 0.15) is 109 Å². The molecule has 6 rings (SSSR count). The lowest BCUT2D eigenvalue weighted by Crippen LogP contribution is -2.61. The van der Waals surface area contributed by atoms with Gasteiger partial charge < -0.3 is 80.4 Å². The van der Waals surface area contributed by atoms with E-state index in [1.807, 2.05) is 42.5 Å². The number of aliphatic imine (C=N–C) groups is 1. The minimum absolute atomic E-state index is 0.00881. The van der Waals surface area contributed by atoms with Gasteiger partial charge in [-0.25, -0.2) is 0 Å². The van der Waals surface area contributed by atoms with E-state index in [9.17, 15) is 67.4 Å². The molecule has 12 amide bonds. The van der Waals surface area contributed by atoms with Gasteiger partial charge in [0.2, 0.25) is 70.9 Å². The van der Waals surface area contributed by atoms with E-state index in [0.29, 0.717) is 28.1 Å². The molecule has 97 heavy (non-hydrogen) atoms. The molecule has 4 aromatic rings. The van der Waals surface area contributed by atoms with Crippen LogP contribution >= 0.6 is 11.6 Å². The smallest absolute Gasteiger partial charge is 0.305 e. The zero-order valence-corrected chi connectivity index (χ0v) is 55.3. The summed E-state index contributed by atoms with van der Waals surface area (Å²) < 4.78 is 0. The molecule has 2 fully saturated rings. The van der Waals surface area contributed by atoms with E-state index in [4.69, 9.17) is 28.8 Å². The van der Waals surface area contributed by atoms with Crippen molar-refractivity contribution in [1.82, 2.24) is 63.1 Å². The molecule has 30 nitrogen and oxygen atoms in total. The second kappa shape index (κ2) is 37.1. The van der Waals surface area contributed by atoms with Crippen molar-refractivity contribution in [2.24, 2.45) is 28.1 Å². The van der Waals surface area contributed by atoms with Gasteiger partial charge in [0.15, 0.2) is 5.96 Å². The number of fused-ring (bicyclic) bond motifs is 1. The number of aliphatic carboxylic acids is 1. The molecule has 0 aliphatic carbocycles. The van der Waals surface area contributed by atoms with Crippen LogP contribution in [0.5, 0.6) is 0 Å². The zero-order chi connectivity index (χ0) is 70.9. The van der Waals surface area contributed by atoms with Gasteiger partial charge in [0, 0.05) is 69.7 Å². The van der Waals surface area contributed by atoms with E-state index in [1.165, 1.54) is 31.1 Å². The third kappa shape index (κ3) is 24.5. The van der Waals surface area contributed by atoms with Crippen molar-refractivity contribution in [3.05, 3.63) is 113 Å². The Labute approximate surface area is 565 Å². The molecule has 2 aliphatic heterocycles. The van der Waals surface area contributed by atoms with Crippen molar-refractivity contribution in [1.29, 1.82) is 0 Å². The van der Waals surface area contributed by atoms with Gasteiger partial charge in [-0.2, -0.15) is 0 Å². The van der Waals surface area contributed by atoms with Gasteiger partial charge in [0.05, 0.1) is 6.42 Å². The Kier molecular flexibility index (Phi) is 29.0. The number of nitrogens with zero attached hydrogens (tertiary/aromatic N) is 3. The lowest BCUT2D eigenvalue weighted by molar-refractivity contribution is -0.142. The highest BCUT2D eigenvalue weighted by Crippen LogP contribution is 2.22. The van der Waals surface area contributed by atoms with Crippen LogP contribution in [0.3, 0.4) is 0 Å². The molecule has 1 aromatic heterocycles. The highest BCUT2D eigenvalue weighted by atomic mass is 35.5. The predicted molar refractivity (Wildman–Crippen MR) is 356 cm³/mol. The molecule has 3 aromatic carbocycles. The fourth-order valence-electron chi connectivity index (χ4n) is 11.2. The first-order chi connectivity index (χ1) is 46.1. The number of amides is 12. The number of carboxylic acid groups (broad SMARTS) is 1. The lowest BCUT2D eigenvalue weighted by Gasteiger charge is -2.31. The third-order valence-corrected chi connectivity index (χ3v) is 16.4. The Bertz CT molecular complexity index is 3520. The van der Waals surface area contributed by atoms with Gasteiger partial charge in [-0.15, -0.1) is 0 Å². The number of hydrogen-bond donors (Lipinski definition) is 14. The number of pyridine rings is 1. The molecule has 17 N–H and O–H groups in total. The van der Waals surface area contributed by atoms with E-state index in [2.05, 4.69) is 63.1 Å². The van der Waals surface area contributed by atoms with Gasteiger partial charge in [0.1, 0.15) is 60.4 Å². The number of nitrogens with two attached hydrogens (primary N) is 3. The molecular weight excluding hydrogens is 1280 g/mol. The number of rotatable bonds is 27. The minimum atomic E-state index is -2.00. The number of carboxylic acids is 1. The highest BCUT2D eigenvalue weighted by molar-refractivity contribution is 6.30. The summed E-state index contributed by atoms with van der Waals surface area (Å²) in [5.41, 5.74) is 18.1. The maximum absolute atomic E-state index is 14.8. The van der Waals surface area contributed by atoms with Crippen LogP contribution in [0.4, 0.5) is 0 Å². The van der Waals surface area contributed by atoms with Gasteiger partial charge in [0.25, 0.3) is 0 Å². The van der Waals surface area contributed by atoms with E-state index in [1.54, 1.807) is 50.2 Å². The number of guanidine groups is 1. The molecule has 0 bridgehead atoms. The van der Waals surface area contributed by atoms with Gasteiger partial charge >= 0.3 is 5.97 Å². The van der Waals surface area contributed by atoms with Crippen molar-refractivity contribution in [3.63, 3.8) is 0 Å². The maximum atomic E-state index is 14.8. The monoisotopic (exact) mass is 1360 g/mol. The first kappa shape index (κ1) is 75.8. The molecule has 522 valence electrons. The molecule has 0 saturated carbocycles. The maximum Gasteiger partial charge on any atom is 0.305 e. The summed E-state index contributed by atoms with van der Waals surface area (Å²) >= 11 is 6.21. The van der Waals surface area contributed by atoms with E-state index in [0.717, 1.165) is 10.8 Å². The van der Waals surface area contributed by atoms with Crippen LogP contribution in [-0.4, -0.2) is 178 Å². The Balaban J connectivity index is 1.28. The van der Waals surface area contributed by atoms with Crippen molar-refractivity contribution < 1.29 is 67.4 Å². The fraction of sp³-hybridized carbons (Fsp3) is 0.470. The topological polar surface area (TPSA) is 469 Å². The van der Waals surface area contributed by atoms with Crippen molar-refractivity contribution >= 4 is 105 Å². The molecule has 31 heteroatoms. The van der Waals surface area contributed by atoms with E-state index >= 15 is 0 Å². The van der Waals surface area contributed by atoms with Crippen molar-refractivity contribution in [2.75, 3.05) is 19.6 Å². The van der Waals surface area contributed by atoms with Crippen LogP contribution in [0.25, 0.3) is 10.8 Å². The number of carbonyl (C=O) groups is 13. The summed E-state index contributed by atoms with van der Waals surface area (Å²) in [7, 11) is 0. The Morgan fingerprint density at radius 3 is 1.93 bits per heavy atom. The normalized spacial score (nSPS) is 19.5. The standard InChI is InChI=1S/C66H87ClN16O14/c1-36(2)29-48-59(91)78-47(65(97)83-28-10-16-53(83)64(96)74-37(3)56(68)88)15-9-26-72-54(85)24-23-46(58(90)76-45(57(89)79-48)14-8-27-73-66(69)70)77-63(95)52(34-55(86)87)82-62(94)51(33-41-11-7-25-71-35-41)81-61(93)50(31-39-18-21-44(67)22-19-39)80-60(92)49(75-38(4)84)32-40-17-20-42-12-5-6-13-43(42)30-40/h5-7,11-13,17-22,25,30,35-37,45-53H,8-10,14-16,23-24,26-29,31-34H2,1-4H3,(H2,68,88)(H,72,85)(H,74,96)(H,75,84)(H,76,90)(H,77,95)(H,78,91)(H,79,89)(H,80,92)(H,81,93)(H,82,94)(H,86,87)(H4,69,70,73)/t37-,45-,46+,47-,48+,49-,50+,51-,52-,53+/m1/s1. The second-order valence-electron chi connectivity index (χ2n) is 24.5. The molecule has 2 saturated heterocycles. The third-order valence-electron chi connectivity index (χ3n) is 16.2. The predicted octanol–water partition coefficient (Wildman–Crippen LogP) is -0.940. The summed E-state index contributed by atoms with van der Waals surface area (Å²) in [6, 6.07) is 8.35. The number of carbonyl (C=O) groups excluding carboxylic acids is 12. The largest absolute Gasteiger partial charge is 0.481 e. The van der Waals surface area contributed by atoms with Crippen LogP contribution in [0.15, 0.2) is 96.2 Å². The summed E-state index contributed by atoms with van der Waals surface area (Å²) in [5.74, 6) is -12.2. The summed E-state index contributed by atoms with van der Waals surface area (Å²) in [6.45, 7) is 6.17. The average molecular weight is 1360 g/mol. The van der Waals surface area contributed by atoms with Gasteiger partial charge in [-0.1, -0.05) is 86.1 Å². The van der Waals surface area contributed by atoms with Crippen LogP contribution in [0, 0.1) is 5.92 Å². The summed E-state index contributed by atoms with van der Waals surface area (Å²) in [6.07, 6.45) is 0.798. The molecule has 0 unspecified atom stereocenters. The SMILES string of the molecule is CC(=O)N[C@H](Cc1ccc2ccccc2c1)C(=O)N[C@@H](Cc1ccc(Cl)cc1)C(=O)N[C@H](Cc1cccnc1)C(=O)N[C@H](CC(=O)O)C(=O)N[C@H]1CCC(=O)NCCC[C@H](C(=O)N2CCC[C@H]2C(=O)N[C@H](C)C(N)=O)NC(=O)[C@H](CC(C)C)NC(=O)[C@@H](CCCN=C(N)N)NC1=O. The average Bonchev–Trinajstić information content (AvgIpc) is 1.82. The lowest BCUT2D eigenvalue weighted by atomic mass is 9.99. The number of benzene rings is 3. The number of hydrogen-bond acceptors (Lipinski definition) is 15. The van der Waals surface area contributed by atoms with E-state index < -0.39 is 157 Å². The number of aromatic nitrogens is 1. The van der Waals surface area contributed by atoms with Crippen molar-refractivity contribution in [2.45, 2.75) is 172 Å². The first-order valence-corrected chi connectivity index (χ1v) is 32.5. The summed E-state index contributed by atoms with van der Waals surface area (Å²) in [4.78, 5) is 190. The molecular formula is C66H87ClN16O14. The number of nitrogens with one attached hydrogen (secondary N) is 10. The Morgan fingerprint density at radius 2 is 1.30 bits per heavy atom. The van der Waals surface area contributed by atoms with Crippen LogP contribution in [0.2, 0.25) is 5.02 Å². The number of likely N-dealkylation sites (tertiary alicyclic amines) is 1. The van der Waals surface area contributed by atoms with Gasteiger partial charge in [-0.05, 0) is 110 Å². The number of primary amides is 1. The summed E-state index contributed by atoms with van der Waals surface area (Å²) in [5, 5.41) is 38.6. The molecule has 3 heterocycles. The quantitative estimate of drug-likeness (QED) is 0.0195. The molecule has 0 spiro atoms. The molecule has 2 aliphatic rings.